The van der Waals surface area contributed by atoms with Gasteiger partial charge >= 0.3 is 0 Å². The number of nitrogens with one attached hydrogen (secondary N) is 3. The fraction of sp³-hybridized carbons (Fsp3) is 0.0435. The Morgan fingerprint density at radius 3 is 2.17 bits per heavy atom. The fourth-order valence-corrected chi connectivity index (χ4v) is 2.91. The lowest BCUT2D eigenvalue weighted by molar-refractivity contribution is -0.384. The van der Waals surface area contributed by atoms with Crippen LogP contribution < -0.4 is 20.8 Å². The van der Waals surface area contributed by atoms with Crippen LogP contribution in [0.5, 0.6) is 11.5 Å². The van der Waals surface area contributed by atoms with Gasteiger partial charge in [0, 0.05) is 29.1 Å². The van der Waals surface area contributed by atoms with Crippen molar-refractivity contribution in [2.75, 3.05) is 23.2 Å². The summed E-state index contributed by atoms with van der Waals surface area (Å²) >= 11 is 0. The second kappa shape index (κ2) is 10.6. The molecular weight excluding hydrogens is 452 g/mol. The van der Waals surface area contributed by atoms with Crippen LogP contribution in [0.4, 0.5) is 34.9 Å². The summed E-state index contributed by atoms with van der Waals surface area (Å²) in [5.74, 6) is 1.12. The highest BCUT2D eigenvalue weighted by molar-refractivity contribution is 5.84. The standard InChI is InChI=1S/C23H20N8O4/c1-35-19-10-7-17(8-11-19)26-22-27-21(25-16-5-3-2-4-6-16)28-23(29-22)30-24-14-15-13-18(31(33)34)9-12-20(15)32/h2-14,32H,1H3,(H3,25,26,27,28,29,30)/b24-14-. The SMILES string of the molecule is COc1ccc(Nc2nc(N/N=C\c3cc([N+](=O)[O-])ccc3O)nc(Nc3ccccc3)n2)cc1. The quantitative estimate of drug-likeness (QED) is 0.156. The Bertz CT molecular complexity index is 1350. The van der Waals surface area contributed by atoms with Crippen LogP contribution in [0.15, 0.2) is 77.9 Å². The topological polar surface area (TPSA) is 160 Å². The summed E-state index contributed by atoms with van der Waals surface area (Å²) in [6.45, 7) is 0. The number of non-ortho nitro benzene ring substituents is 1. The predicted octanol–water partition coefficient (Wildman–Crippen LogP) is 4.43. The summed E-state index contributed by atoms with van der Waals surface area (Å²) in [5, 5.41) is 31.1. The van der Waals surface area contributed by atoms with Crippen molar-refractivity contribution in [1.29, 1.82) is 0 Å². The van der Waals surface area contributed by atoms with Crippen LogP contribution in [0.1, 0.15) is 5.56 Å². The lowest BCUT2D eigenvalue weighted by Gasteiger charge is -2.10. The lowest BCUT2D eigenvalue weighted by Crippen LogP contribution is -2.07. The number of nitro benzene ring substituents is 1. The van der Waals surface area contributed by atoms with Crippen LogP contribution in [-0.4, -0.2) is 38.3 Å². The Hall–Kier alpha value is -5.26. The summed E-state index contributed by atoms with van der Waals surface area (Å²) in [6, 6.07) is 20.2. The van der Waals surface area contributed by atoms with Gasteiger partial charge in [-0.3, -0.25) is 10.1 Å². The number of nitrogens with zero attached hydrogens (tertiary/aromatic N) is 5. The Labute approximate surface area is 199 Å². The normalized spacial score (nSPS) is 10.7. The highest BCUT2D eigenvalue weighted by atomic mass is 16.6. The zero-order chi connectivity index (χ0) is 24.6. The van der Waals surface area contributed by atoms with E-state index >= 15 is 0 Å². The van der Waals surface area contributed by atoms with E-state index in [4.69, 9.17) is 4.74 Å². The molecule has 1 heterocycles. The Morgan fingerprint density at radius 1 is 0.914 bits per heavy atom. The van der Waals surface area contributed by atoms with Gasteiger partial charge < -0.3 is 20.5 Å². The monoisotopic (exact) mass is 472 g/mol. The Balaban J connectivity index is 1.59. The molecule has 0 aliphatic carbocycles. The van der Waals surface area contributed by atoms with E-state index < -0.39 is 4.92 Å². The number of hydrazone groups is 1. The third kappa shape index (κ3) is 6.16. The van der Waals surface area contributed by atoms with E-state index in [0.29, 0.717) is 5.75 Å². The number of methoxy groups -OCH3 is 1. The molecule has 0 aliphatic heterocycles. The number of ether oxygens (including phenoxy) is 1. The maximum absolute atomic E-state index is 11.0. The number of hydrogen-bond acceptors (Lipinski definition) is 11. The van der Waals surface area contributed by atoms with Gasteiger partial charge in [0.05, 0.1) is 18.2 Å². The number of benzene rings is 3. The number of phenols is 1. The summed E-state index contributed by atoms with van der Waals surface area (Å²) in [6.07, 6.45) is 1.23. The van der Waals surface area contributed by atoms with Crippen molar-refractivity contribution < 1.29 is 14.8 Å². The molecule has 0 spiro atoms. The van der Waals surface area contributed by atoms with Gasteiger partial charge in [0.2, 0.25) is 17.8 Å². The van der Waals surface area contributed by atoms with Crippen molar-refractivity contribution in [2.24, 2.45) is 5.10 Å². The molecule has 0 fully saturated rings. The zero-order valence-electron chi connectivity index (χ0n) is 18.4. The molecule has 0 saturated heterocycles. The third-order valence-corrected chi connectivity index (χ3v) is 4.60. The molecule has 4 rings (SSSR count). The Kier molecular flexibility index (Phi) is 6.92. The van der Waals surface area contributed by atoms with Crippen molar-refractivity contribution in [3.8, 4) is 11.5 Å². The number of anilines is 5. The van der Waals surface area contributed by atoms with Gasteiger partial charge in [-0.15, -0.1) is 0 Å². The van der Waals surface area contributed by atoms with Crippen molar-refractivity contribution in [1.82, 2.24) is 15.0 Å². The van der Waals surface area contributed by atoms with E-state index in [0.717, 1.165) is 11.4 Å². The van der Waals surface area contributed by atoms with Crippen LogP contribution in [-0.2, 0) is 0 Å². The average molecular weight is 472 g/mol. The van der Waals surface area contributed by atoms with Gasteiger partial charge in [-0.1, -0.05) is 18.2 Å². The largest absolute Gasteiger partial charge is 0.507 e. The molecule has 0 amide bonds. The van der Waals surface area contributed by atoms with E-state index in [1.807, 2.05) is 42.5 Å². The number of rotatable bonds is 9. The highest BCUT2D eigenvalue weighted by Gasteiger charge is 2.10. The first-order chi connectivity index (χ1) is 17.0. The van der Waals surface area contributed by atoms with Crippen molar-refractivity contribution in [3.63, 3.8) is 0 Å². The average Bonchev–Trinajstić information content (AvgIpc) is 2.86. The lowest BCUT2D eigenvalue weighted by atomic mass is 10.2. The molecule has 0 radical (unpaired) electrons. The molecule has 0 atom stereocenters. The van der Waals surface area contributed by atoms with Crippen LogP contribution >= 0.6 is 0 Å². The summed E-state index contributed by atoms with van der Waals surface area (Å²) in [4.78, 5) is 23.4. The minimum Gasteiger partial charge on any atom is -0.507 e. The smallest absolute Gasteiger partial charge is 0.270 e. The molecule has 35 heavy (non-hydrogen) atoms. The molecule has 12 heteroatoms. The van der Waals surface area contributed by atoms with Crippen LogP contribution in [0, 0.1) is 10.1 Å². The van der Waals surface area contributed by atoms with Gasteiger partial charge in [0.25, 0.3) is 5.69 Å². The summed E-state index contributed by atoms with van der Waals surface area (Å²) in [5.41, 5.74) is 4.13. The molecule has 4 N–H and O–H groups in total. The van der Waals surface area contributed by atoms with Crippen molar-refractivity contribution in [2.45, 2.75) is 0 Å². The molecule has 0 aliphatic rings. The number of aromatic nitrogens is 3. The first-order valence-corrected chi connectivity index (χ1v) is 10.3. The predicted molar refractivity (Wildman–Crippen MR) is 132 cm³/mol. The maximum Gasteiger partial charge on any atom is 0.270 e. The van der Waals surface area contributed by atoms with Crippen LogP contribution in [0.2, 0.25) is 0 Å². The van der Waals surface area contributed by atoms with Gasteiger partial charge in [-0.05, 0) is 42.5 Å². The van der Waals surface area contributed by atoms with Gasteiger partial charge in [-0.2, -0.15) is 20.1 Å². The highest BCUT2D eigenvalue weighted by Crippen LogP contribution is 2.22. The molecule has 0 bridgehead atoms. The molecule has 1 aromatic heterocycles. The molecule has 176 valence electrons. The summed E-state index contributed by atoms with van der Waals surface area (Å²) < 4.78 is 5.17. The van der Waals surface area contributed by atoms with Crippen LogP contribution in [0.3, 0.4) is 0 Å². The molecule has 4 aromatic rings. The van der Waals surface area contributed by atoms with Gasteiger partial charge in [-0.25, -0.2) is 5.43 Å². The van der Waals surface area contributed by atoms with E-state index in [-0.39, 0.29) is 34.8 Å². The Morgan fingerprint density at radius 2 is 1.54 bits per heavy atom. The minimum absolute atomic E-state index is 0.0932. The first kappa shape index (κ1) is 22.9. The van der Waals surface area contributed by atoms with Crippen molar-refractivity contribution in [3.05, 3.63) is 88.5 Å². The van der Waals surface area contributed by atoms with E-state index in [9.17, 15) is 15.2 Å². The second-order valence-electron chi connectivity index (χ2n) is 7.02. The molecule has 0 saturated carbocycles. The van der Waals surface area contributed by atoms with Crippen molar-refractivity contribution >= 4 is 41.1 Å². The number of nitro groups is 1. The number of hydrogen-bond donors (Lipinski definition) is 4. The number of para-hydroxylation sites is 1. The molecule has 3 aromatic carbocycles. The number of aromatic hydroxyl groups is 1. The third-order valence-electron chi connectivity index (χ3n) is 4.60. The molecule has 12 nitrogen and oxygen atoms in total. The van der Waals surface area contributed by atoms with Gasteiger partial charge in [0.15, 0.2) is 0 Å². The maximum atomic E-state index is 11.0. The number of phenolic OH excluding ortho intramolecular Hbond substituents is 1. The van der Waals surface area contributed by atoms with Crippen LogP contribution in [0.25, 0.3) is 0 Å². The summed E-state index contributed by atoms with van der Waals surface area (Å²) in [7, 11) is 1.59. The zero-order valence-corrected chi connectivity index (χ0v) is 18.4. The van der Waals surface area contributed by atoms with E-state index in [1.165, 1.54) is 24.4 Å². The fourth-order valence-electron chi connectivity index (χ4n) is 2.91. The minimum atomic E-state index is -0.561. The molecular formula is C23H20N8O4. The second-order valence-corrected chi connectivity index (χ2v) is 7.02. The van der Waals surface area contributed by atoms with Gasteiger partial charge in [0.1, 0.15) is 11.5 Å². The first-order valence-electron chi connectivity index (χ1n) is 10.3. The molecule has 0 unspecified atom stereocenters. The van der Waals surface area contributed by atoms with E-state index in [2.05, 4.69) is 36.1 Å². The van der Waals surface area contributed by atoms with E-state index in [1.54, 1.807) is 19.2 Å².